The number of amides is 1. The number of ether oxygens (including phenoxy) is 1. The van der Waals surface area contributed by atoms with Crippen LogP contribution in [0.15, 0.2) is 60.7 Å². The maximum absolute atomic E-state index is 11.6. The number of benzene rings is 2. The minimum Gasteiger partial charge on any atom is -0.494 e. The molecule has 0 spiro atoms. The van der Waals surface area contributed by atoms with Crippen LogP contribution in [0.3, 0.4) is 0 Å². The third kappa shape index (κ3) is 6.21. The second-order valence-electron chi connectivity index (χ2n) is 7.43. The molecule has 0 atom stereocenters. The molecule has 0 aliphatic rings. The van der Waals surface area contributed by atoms with E-state index in [1.165, 1.54) is 11.1 Å². The molecule has 0 fully saturated rings. The fourth-order valence-electron chi connectivity index (χ4n) is 3.43. The van der Waals surface area contributed by atoms with Crippen molar-refractivity contribution < 1.29 is 9.53 Å². The fourth-order valence-corrected chi connectivity index (χ4v) is 3.43. The predicted molar refractivity (Wildman–Crippen MR) is 122 cm³/mol. The Morgan fingerprint density at radius 1 is 1.10 bits per heavy atom. The summed E-state index contributed by atoms with van der Waals surface area (Å²) < 4.78 is 8.16. The summed E-state index contributed by atoms with van der Waals surface area (Å²) in [6.45, 7) is 6.19. The number of allylic oxidation sites excluding steroid dienone is 1. The minimum atomic E-state index is -0.0421. The number of nitrogens with zero attached hydrogens (tertiary/aromatic N) is 2. The summed E-state index contributed by atoms with van der Waals surface area (Å²) in [5.74, 6) is 1.96. The number of para-hydroxylation sites is 2. The zero-order chi connectivity index (χ0) is 21.2. The van der Waals surface area contributed by atoms with Gasteiger partial charge in [0.1, 0.15) is 11.6 Å². The quantitative estimate of drug-likeness (QED) is 0.367. The van der Waals surface area contributed by atoms with Crippen molar-refractivity contribution in [3.8, 4) is 5.75 Å². The highest BCUT2D eigenvalue weighted by atomic mass is 16.5. The molecule has 5 nitrogen and oxygen atoms in total. The van der Waals surface area contributed by atoms with Crippen molar-refractivity contribution in [2.24, 2.45) is 0 Å². The molecule has 2 aromatic carbocycles. The molecule has 3 aromatic rings. The van der Waals surface area contributed by atoms with Gasteiger partial charge in [-0.2, -0.15) is 0 Å². The summed E-state index contributed by atoms with van der Waals surface area (Å²) in [4.78, 5) is 16.4. The van der Waals surface area contributed by atoms with E-state index in [4.69, 9.17) is 9.72 Å². The van der Waals surface area contributed by atoms with Crippen LogP contribution in [0, 0.1) is 6.92 Å². The highest BCUT2D eigenvalue weighted by molar-refractivity contribution is 5.87. The van der Waals surface area contributed by atoms with Crippen LogP contribution in [0.1, 0.15) is 37.6 Å². The van der Waals surface area contributed by atoms with Gasteiger partial charge in [0.25, 0.3) is 0 Å². The van der Waals surface area contributed by atoms with Gasteiger partial charge in [-0.3, -0.25) is 4.79 Å². The van der Waals surface area contributed by atoms with Gasteiger partial charge in [-0.1, -0.05) is 35.9 Å². The highest BCUT2D eigenvalue weighted by Gasteiger charge is 2.10. The van der Waals surface area contributed by atoms with Gasteiger partial charge >= 0.3 is 0 Å². The van der Waals surface area contributed by atoms with E-state index in [-0.39, 0.29) is 5.91 Å². The predicted octanol–water partition coefficient (Wildman–Crippen LogP) is 4.83. The van der Waals surface area contributed by atoms with E-state index < -0.39 is 0 Å². The van der Waals surface area contributed by atoms with Gasteiger partial charge < -0.3 is 14.6 Å². The number of hydrogen-bond donors (Lipinski definition) is 1. The number of imidazole rings is 1. The van der Waals surface area contributed by atoms with Crippen LogP contribution in [0.2, 0.25) is 0 Å². The van der Waals surface area contributed by atoms with Crippen LogP contribution in [0.5, 0.6) is 5.75 Å². The number of fused-ring (bicyclic) bond motifs is 1. The highest BCUT2D eigenvalue weighted by Crippen LogP contribution is 2.18. The summed E-state index contributed by atoms with van der Waals surface area (Å²) in [6.07, 6.45) is 7.01. The number of rotatable bonds is 11. The molecule has 1 heterocycles. The molecule has 158 valence electrons. The third-order valence-corrected chi connectivity index (χ3v) is 4.99. The molecule has 0 saturated heterocycles. The van der Waals surface area contributed by atoms with Crippen molar-refractivity contribution in [3.05, 3.63) is 72.1 Å². The largest absolute Gasteiger partial charge is 0.494 e. The van der Waals surface area contributed by atoms with Crippen LogP contribution in [-0.4, -0.2) is 28.6 Å². The molecule has 0 unspecified atom stereocenters. The maximum atomic E-state index is 11.6. The molecule has 1 N–H and O–H groups in total. The fraction of sp³-hybridized carbons (Fsp3) is 0.360. The molecular weight excluding hydrogens is 374 g/mol. The van der Waals surface area contributed by atoms with Gasteiger partial charge in [0, 0.05) is 19.5 Å². The molecule has 1 amide bonds. The summed E-state index contributed by atoms with van der Waals surface area (Å²) in [5, 5.41) is 2.91. The molecular formula is C25H31N3O2. The number of unbranched alkanes of at least 4 members (excludes halogenated alkanes) is 1. The van der Waals surface area contributed by atoms with Gasteiger partial charge in [0.05, 0.1) is 17.6 Å². The monoisotopic (exact) mass is 405 g/mol. The van der Waals surface area contributed by atoms with E-state index in [0.29, 0.717) is 13.2 Å². The molecule has 0 aliphatic heterocycles. The number of aromatic nitrogens is 2. The van der Waals surface area contributed by atoms with Gasteiger partial charge in [-0.15, -0.1) is 0 Å². The Balaban J connectivity index is 1.52. The van der Waals surface area contributed by atoms with E-state index in [9.17, 15) is 4.79 Å². The lowest BCUT2D eigenvalue weighted by Gasteiger charge is -2.10. The standard InChI is InChI=1S/C25H31N3O2/c1-3-9-25(29)26-17-8-12-24-27-22-10-4-5-11-23(22)28(24)18-6-7-19-30-21-15-13-20(2)14-16-21/h3-5,9-11,13-16H,6-8,12,17-19H2,1-2H3,(H,26,29)/b9-3-. The molecule has 0 radical (unpaired) electrons. The normalized spacial score (nSPS) is 11.3. The molecule has 5 heteroatoms. The number of carbonyl (C=O) groups is 1. The van der Waals surface area contributed by atoms with Crippen LogP contribution in [0.25, 0.3) is 11.0 Å². The number of nitrogens with one attached hydrogen (secondary N) is 1. The zero-order valence-electron chi connectivity index (χ0n) is 17.9. The molecule has 0 aliphatic carbocycles. The van der Waals surface area contributed by atoms with E-state index >= 15 is 0 Å². The molecule has 3 rings (SSSR count). The SMILES string of the molecule is C/C=C\C(=O)NCCCc1nc2ccccc2n1CCCCOc1ccc(C)cc1. The van der Waals surface area contributed by atoms with Gasteiger partial charge in [-0.25, -0.2) is 4.98 Å². The molecule has 0 saturated carbocycles. The zero-order valence-corrected chi connectivity index (χ0v) is 17.9. The topological polar surface area (TPSA) is 56.2 Å². The maximum Gasteiger partial charge on any atom is 0.243 e. The van der Waals surface area contributed by atoms with Crippen LogP contribution in [-0.2, 0) is 17.8 Å². The average molecular weight is 406 g/mol. The van der Waals surface area contributed by atoms with Crippen molar-refractivity contribution in [3.63, 3.8) is 0 Å². The lowest BCUT2D eigenvalue weighted by Crippen LogP contribution is -2.22. The lowest BCUT2D eigenvalue weighted by molar-refractivity contribution is -0.116. The van der Waals surface area contributed by atoms with Gasteiger partial charge in [0.2, 0.25) is 5.91 Å². The Hall–Kier alpha value is -3.08. The average Bonchev–Trinajstić information content (AvgIpc) is 3.10. The Bertz CT molecular complexity index is 974. The van der Waals surface area contributed by atoms with E-state index in [1.54, 1.807) is 12.2 Å². The van der Waals surface area contributed by atoms with E-state index in [1.807, 2.05) is 25.1 Å². The first-order valence-electron chi connectivity index (χ1n) is 10.7. The number of carbonyl (C=O) groups excluding carboxylic acids is 1. The molecule has 30 heavy (non-hydrogen) atoms. The first-order valence-corrected chi connectivity index (χ1v) is 10.7. The Morgan fingerprint density at radius 2 is 1.90 bits per heavy atom. The summed E-state index contributed by atoms with van der Waals surface area (Å²) in [5.41, 5.74) is 3.44. The van der Waals surface area contributed by atoms with Crippen LogP contribution in [0.4, 0.5) is 0 Å². The second-order valence-corrected chi connectivity index (χ2v) is 7.43. The first-order chi connectivity index (χ1) is 14.7. The molecule has 0 bridgehead atoms. The Labute approximate surface area is 178 Å². The second kappa shape index (κ2) is 11.2. The van der Waals surface area contributed by atoms with Gasteiger partial charge in [-0.05, 0) is 63.5 Å². The summed E-state index contributed by atoms with van der Waals surface area (Å²) >= 11 is 0. The van der Waals surface area contributed by atoms with E-state index in [0.717, 1.165) is 49.3 Å². The Morgan fingerprint density at radius 3 is 2.70 bits per heavy atom. The van der Waals surface area contributed by atoms with Crippen LogP contribution < -0.4 is 10.1 Å². The van der Waals surface area contributed by atoms with Crippen molar-refractivity contribution in [2.75, 3.05) is 13.2 Å². The number of aryl methyl sites for hydroxylation is 3. The van der Waals surface area contributed by atoms with Crippen LogP contribution >= 0.6 is 0 Å². The lowest BCUT2D eigenvalue weighted by atomic mass is 10.2. The van der Waals surface area contributed by atoms with Crippen molar-refractivity contribution >= 4 is 16.9 Å². The first kappa shape index (κ1) is 21.6. The van der Waals surface area contributed by atoms with Gasteiger partial charge in [0.15, 0.2) is 0 Å². The number of hydrogen-bond acceptors (Lipinski definition) is 3. The van der Waals surface area contributed by atoms with Crippen molar-refractivity contribution in [1.82, 2.24) is 14.9 Å². The molecule has 1 aromatic heterocycles. The van der Waals surface area contributed by atoms with Crippen molar-refractivity contribution in [1.29, 1.82) is 0 Å². The Kier molecular flexibility index (Phi) is 8.07. The summed E-state index contributed by atoms with van der Waals surface area (Å²) in [6, 6.07) is 16.4. The summed E-state index contributed by atoms with van der Waals surface area (Å²) in [7, 11) is 0. The van der Waals surface area contributed by atoms with E-state index in [2.05, 4.69) is 47.1 Å². The third-order valence-electron chi connectivity index (χ3n) is 4.99. The smallest absolute Gasteiger partial charge is 0.243 e. The van der Waals surface area contributed by atoms with Crippen molar-refractivity contribution in [2.45, 2.75) is 46.1 Å². The minimum absolute atomic E-state index is 0.0421.